The van der Waals surface area contributed by atoms with E-state index < -0.39 is 17.2 Å². The van der Waals surface area contributed by atoms with Crippen LogP contribution in [-0.4, -0.2) is 10.2 Å². The first-order chi connectivity index (χ1) is 15.8. The maximum atomic E-state index is 13.1. The summed E-state index contributed by atoms with van der Waals surface area (Å²) < 4.78 is 11.1. The molecule has 6 heteroatoms. The first kappa shape index (κ1) is 20.6. The van der Waals surface area contributed by atoms with Gasteiger partial charge in [0.05, 0.1) is 27.8 Å². The first-order valence-electron chi connectivity index (χ1n) is 10.4. The lowest BCUT2D eigenvalue weighted by Gasteiger charge is -2.19. The minimum absolute atomic E-state index is 0.147. The molecule has 0 bridgehead atoms. The van der Waals surface area contributed by atoms with Crippen molar-refractivity contribution >= 4 is 21.9 Å². The Bertz CT molecular complexity index is 1540. The lowest BCUT2D eigenvalue weighted by molar-refractivity contribution is 0.441. The molecule has 0 spiro atoms. The predicted molar refractivity (Wildman–Crippen MR) is 125 cm³/mol. The monoisotopic (exact) mass is 440 g/mol. The van der Waals surface area contributed by atoms with E-state index in [-0.39, 0.29) is 33.8 Å². The van der Waals surface area contributed by atoms with Crippen LogP contribution in [0.2, 0.25) is 0 Å². The van der Waals surface area contributed by atoms with Crippen LogP contribution in [0.1, 0.15) is 33.7 Å². The van der Waals surface area contributed by atoms with Gasteiger partial charge in [0.25, 0.3) is 0 Å². The maximum Gasteiger partial charge on any atom is 0.344 e. The third kappa shape index (κ3) is 3.36. The van der Waals surface area contributed by atoms with E-state index in [2.05, 4.69) is 0 Å². The van der Waals surface area contributed by atoms with Gasteiger partial charge >= 0.3 is 11.3 Å². The molecule has 0 saturated carbocycles. The number of hydrogen-bond donors (Lipinski definition) is 2. The van der Waals surface area contributed by atoms with E-state index in [1.807, 2.05) is 13.8 Å². The molecule has 5 aromatic rings. The minimum atomic E-state index is -1.12. The van der Waals surface area contributed by atoms with Crippen LogP contribution in [0, 0.1) is 13.8 Å². The maximum absolute atomic E-state index is 13.1. The van der Waals surface area contributed by atoms with Gasteiger partial charge in [-0.25, -0.2) is 9.59 Å². The summed E-state index contributed by atoms with van der Waals surface area (Å²) in [5.74, 6) is -1.73. The van der Waals surface area contributed by atoms with E-state index >= 15 is 0 Å². The summed E-state index contributed by atoms with van der Waals surface area (Å²) in [5, 5.41) is 23.0. The van der Waals surface area contributed by atoms with Crippen molar-refractivity contribution in [3.8, 4) is 11.5 Å². The van der Waals surface area contributed by atoms with Gasteiger partial charge in [0, 0.05) is 0 Å². The quantitative estimate of drug-likeness (QED) is 0.378. The highest BCUT2D eigenvalue weighted by atomic mass is 16.4. The molecule has 0 atom stereocenters. The smallest absolute Gasteiger partial charge is 0.344 e. The molecule has 0 aliphatic carbocycles. The summed E-state index contributed by atoms with van der Waals surface area (Å²) in [6.45, 7) is 3.69. The molecule has 164 valence electrons. The molecule has 6 nitrogen and oxygen atoms in total. The molecule has 2 aromatic heterocycles. The average Bonchev–Trinajstić information content (AvgIpc) is 2.78. The second-order valence-electron chi connectivity index (χ2n) is 8.15. The van der Waals surface area contributed by atoms with Crippen LogP contribution in [0.4, 0.5) is 0 Å². The summed E-state index contributed by atoms with van der Waals surface area (Å²) in [6, 6.07) is 18.9. The van der Waals surface area contributed by atoms with Gasteiger partial charge < -0.3 is 19.0 Å². The summed E-state index contributed by atoms with van der Waals surface area (Å²) >= 11 is 0. The normalized spacial score (nSPS) is 11.5. The molecular formula is C27H20O6. The van der Waals surface area contributed by atoms with Gasteiger partial charge in [0.1, 0.15) is 22.7 Å². The molecule has 2 heterocycles. The van der Waals surface area contributed by atoms with Crippen LogP contribution in [0.15, 0.2) is 85.2 Å². The van der Waals surface area contributed by atoms with Gasteiger partial charge in [0.2, 0.25) is 0 Å². The van der Waals surface area contributed by atoms with Crippen molar-refractivity contribution in [1.82, 2.24) is 0 Å². The van der Waals surface area contributed by atoms with Crippen molar-refractivity contribution in [2.75, 3.05) is 0 Å². The van der Waals surface area contributed by atoms with Crippen LogP contribution in [-0.2, 0) is 0 Å². The van der Waals surface area contributed by atoms with E-state index in [4.69, 9.17) is 8.83 Å². The van der Waals surface area contributed by atoms with Gasteiger partial charge in [-0.1, -0.05) is 42.5 Å². The zero-order valence-corrected chi connectivity index (χ0v) is 18.0. The number of fused-ring (bicyclic) bond motifs is 2. The Morgan fingerprint density at radius 1 is 0.667 bits per heavy atom. The van der Waals surface area contributed by atoms with E-state index in [1.165, 1.54) is 0 Å². The van der Waals surface area contributed by atoms with Crippen molar-refractivity contribution in [3.63, 3.8) is 0 Å². The topological polar surface area (TPSA) is 101 Å². The largest absolute Gasteiger partial charge is 0.507 e. The van der Waals surface area contributed by atoms with Crippen LogP contribution in [0.25, 0.3) is 21.9 Å². The van der Waals surface area contributed by atoms with Crippen LogP contribution in [0.3, 0.4) is 0 Å². The summed E-state index contributed by atoms with van der Waals surface area (Å²) in [5.41, 5.74) is 0.806. The molecule has 0 aliphatic heterocycles. The fourth-order valence-corrected chi connectivity index (χ4v) is 4.24. The van der Waals surface area contributed by atoms with Gasteiger partial charge in [-0.2, -0.15) is 0 Å². The number of rotatable bonds is 3. The number of aryl methyl sites for hydroxylation is 2. The highest BCUT2D eigenvalue weighted by Gasteiger charge is 2.32. The zero-order valence-electron chi connectivity index (χ0n) is 18.0. The molecule has 0 fully saturated rings. The molecule has 0 radical (unpaired) electrons. The first-order valence-corrected chi connectivity index (χ1v) is 10.4. The fourth-order valence-electron chi connectivity index (χ4n) is 4.24. The Balaban J connectivity index is 1.89. The molecule has 5 rings (SSSR count). The van der Waals surface area contributed by atoms with E-state index in [0.717, 1.165) is 11.1 Å². The fraction of sp³-hybridized carbons (Fsp3) is 0.111. The van der Waals surface area contributed by atoms with Crippen molar-refractivity contribution in [2.24, 2.45) is 0 Å². The Labute approximate surface area is 188 Å². The molecule has 0 aliphatic rings. The molecular weight excluding hydrogens is 420 g/mol. The average molecular weight is 440 g/mol. The Morgan fingerprint density at radius 2 is 1.12 bits per heavy atom. The van der Waals surface area contributed by atoms with Crippen molar-refractivity contribution in [3.05, 3.63) is 115 Å². The number of benzene rings is 3. The third-order valence-corrected chi connectivity index (χ3v) is 5.85. The van der Waals surface area contributed by atoms with E-state index in [9.17, 15) is 19.8 Å². The van der Waals surface area contributed by atoms with Crippen molar-refractivity contribution < 1.29 is 19.0 Å². The Hall–Kier alpha value is -4.32. The lowest BCUT2D eigenvalue weighted by Crippen LogP contribution is -2.21. The SMILES string of the molecule is Cc1ccc2c(O)c(C(c3ccccc3)c3c(O)c4ccc(C)cc4oc3=O)c(=O)oc2c1. The van der Waals surface area contributed by atoms with E-state index in [0.29, 0.717) is 16.3 Å². The van der Waals surface area contributed by atoms with Gasteiger partial charge in [-0.3, -0.25) is 0 Å². The molecule has 3 aromatic carbocycles. The van der Waals surface area contributed by atoms with Gasteiger partial charge in [0.15, 0.2) is 0 Å². The van der Waals surface area contributed by atoms with E-state index in [1.54, 1.807) is 66.7 Å². The second kappa shape index (κ2) is 7.67. The molecule has 33 heavy (non-hydrogen) atoms. The highest BCUT2D eigenvalue weighted by molar-refractivity contribution is 5.87. The molecule has 0 saturated heterocycles. The highest BCUT2D eigenvalue weighted by Crippen LogP contribution is 2.41. The van der Waals surface area contributed by atoms with Gasteiger partial charge in [-0.05, 0) is 54.8 Å². The molecule has 2 N–H and O–H groups in total. The molecule has 0 unspecified atom stereocenters. The van der Waals surface area contributed by atoms with Crippen LogP contribution in [0.5, 0.6) is 11.5 Å². The number of aromatic hydroxyl groups is 2. The standard InChI is InChI=1S/C27H20O6/c1-14-8-10-17-19(12-14)32-26(30)22(24(17)28)21(16-6-4-3-5-7-16)23-25(29)18-11-9-15(2)13-20(18)33-27(23)31/h3-13,21,28-29H,1-2H3. The van der Waals surface area contributed by atoms with Crippen molar-refractivity contribution in [1.29, 1.82) is 0 Å². The summed E-state index contributed by atoms with van der Waals surface area (Å²) in [7, 11) is 0. The third-order valence-electron chi connectivity index (χ3n) is 5.85. The Morgan fingerprint density at radius 3 is 1.58 bits per heavy atom. The summed E-state index contributed by atoms with van der Waals surface area (Å²) in [6.07, 6.45) is 0. The van der Waals surface area contributed by atoms with Crippen LogP contribution < -0.4 is 11.3 Å². The second-order valence-corrected chi connectivity index (χ2v) is 8.15. The lowest BCUT2D eigenvalue weighted by atomic mass is 9.84. The van der Waals surface area contributed by atoms with Gasteiger partial charge in [-0.15, -0.1) is 0 Å². The van der Waals surface area contributed by atoms with Crippen LogP contribution >= 0.6 is 0 Å². The predicted octanol–water partition coefficient (Wildman–Crippen LogP) is 5.11. The van der Waals surface area contributed by atoms with Crippen molar-refractivity contribution in [2.45, 2.75) is 19.8 Å². The zero-order chi connectivity index (χ0) is 23.3. The molecule has 0 amide bonds. The minimum Gasteiger partial charge on any atom is -0.507 e. The number of hydrogen-bond acceptors (Lipinski definition) is 6. The Kier molecular flexibility index (Phi) is 4.78. The summed E-state index contributed by atoms with van der Waals surface area (Å²) in [4.78, 5) is 26.3.